The van der Waals surface area contributed by atoms with Gasteiger partial charge in [-0.1, -0.05) is 36.4 Å². The van der Waals surface area contributed by atoms with Gasteiger partial charge in [0.15, 0.2) is 11.3 Å². The summed E-state index contributed by atoms with van der Waals surface area (Å²) in [7, 11) is 0. The molecule has 2 aromatic carbocycles. The minimum atomic E-state index is -4.41. The number of nitrogens with zero attached hydrogens (tertiary/aromatic N) is 4. The second-order valence-corrected chi connectivity index (χ2v) is 10.3. The van der Waals surface area contributed by atoms with Gasteiger partial charge < -0.3 is 34.6 Å². The van der Waals surface area contributed by atoms with Gasteiger partial charge in [0.2, 0.25) is 0 Å². The number of benzene rings is 2. The molecule has 0 unspecified atom stereocenters. The lowest BCUT2D eigenvalue weighted by atomic mass is 10.2. The topological polar surface area (TPSA) is 58.7 Å². The number of anilines is 3. The first-order valence-electron chi connectivity index (χ1n) is 13.4. The van der Waals surface area contributed by atoms with Crippen molar-refractivity contribution >= 4 is 28.4 Å². The Morgan fingerprint density at radius 2 is 1.30 bits per heavy atom. The number of nitrogens with one attached hydrogen (secondary N) is 2. The van der Waals surface area contributed by atoms with Crippen LogP contribution in [-0.4, -0.2) is 20.6 Å². The van der Waals surface area contributed by atoms with Gasteiger partial charge in [0.05, 0.1) is 22.9 Å². The third-order valence-corrected chi connectivity index (χ3v) is 6.21. The van der Waals surface area contributed by atoms with Crippen molar-refractivity contribution in [3.63, 3.8) is 0 Å². The lowest BCUT2D eigenvalue weighted by Gasteiger charge is -2.17. The predicted octanol–water partition coefficient (Wildman–Crippen LogP) is 5.58. The molecular weight excluding hydrogens is 697 g/mol. The van der Waals surface area contributed by atoms with Crippen molar-refractivity contribution < 1.29 is 54.9 Å². The molecule has 3 aromatic heterocycles. The van der Waals surface area contributed by atoms with E-state index in [9.17, 15) is 26.3 Å². The Labute approximate surface area is 268 Å². The van der Waals surface area contributed by atoms with E-state index >= 15 is 0 Å². The number of pyridine rings is 2. The van der Waals surface area contributed by atoms with Crippen molar-refractivity contribution in [2.75, 3.05) is 10.6 Å². The maximum absolute atomic E-state index is 12.9. The van der Waals surface area contributed by atoms with Gasteiger partial charge in [0.1, 0.15) is 5.69 Å². The average Bonchev–Trinajstić information content (AvgIpc) is 3.34. The van der Waals surface area contributed by atoms with E-state index in [0.717, 1.165) is 35.9 Å². The fourth-order valence-electron chi connectivity index (χ4n) is 4.21. The zero-order chi connectivity index (χ0) is 31.4. The molecule has 0 aliphatic carbocycles. The number of imidazole rings is 1. The van der Waals surface area contributed by atoms with Gasteiger partial charge in [-0.25, -0.2) is 14.5 Å². The number of halogens is 7. The summed E-state index contributed by atoms with van der Waals surface area (Å²) in [4.78, 5) is 7.95. The van der Waals surface area contributed by atoms with E-state index in [4.69, 9.17) is 0 Å². The number of aromatic nitrogens is 4. The molecule has 44 heavy (non-hydrogen) atoms. The summed E-state index contributed by atoms with van der Waals surface area (Å²) in [6, 6.07) is 20.8. The van der Waals surface area contributed by atoms with Crippen molar-refractivity contribution in [3.05, 3.63) is 103 Å². The molecule has 5 rings (SSSR count). The fourth-order valence-corrected chi connectivity index (χ4v) is 4.21. The van der Waals surface area contributed by atoms with Gasteiger partial charge in [-0.15, -0.1) is 0 Å². The molecule has 234 valence electrons. The van der Waals surface area contributed by atoms with E-state index in [1.807, 2.05) is 88.4 Å². The summed E-state index contributed by atoms with van der Waals surface area (Å²) in [5.74, 6) is 0.364. The molecule has 0 aliphatic rings. The summed E-state index contributed by atoms with van der Waals surface area (Å²) >= 11 is 0. The highest BCUT2D eigenvalue weighted by Gasteiger charge is 2.34. The van der Waals surface area contributed by atoms with E-state index < -0.39 is 23.5 Å². The van der Waals surface area contributed by atoms with Gasteiger partial charge >= 0.3 is 12.4 Å². The molecule has 3 heterocycles. The van der Waals surface area contributed by atoms with Crippen molar-refractivity contribution in [3.8, 4) is 5.69 Å². The number of hydrogen-bond donors (Lipinski definition) is 2. The van der Waals surface area contributed by atoms with Crippen LogP contribution in [0.5, 0.6) is 0 Å². The van der Waals surface area contributed by atoms with Crippen LogP contribution in [-0.2, 0) is 12.4 Å². The Morgan fingerprint density at radius 3 is 1.84 bits per heavy atom. The van der Waals surface area contributed by atoms with Gasteiger partial charge in [-0.3, -0.25) is 0 Å². The smallest absolute Gasteiger partial charge is 0.418 e. The molecule has 0 bridgehead atoms. The van der Waals surface area contributed by atoms with Crippen LogP contribution in [0.2, 0.25) is 0 Å². The Bertz CT molecular complexity index is 1650. The Kier molecular flexibility index (Phi) is 11.2. The number of fused-ring (bicyclic) bond motifs is 1. The summed E-state index contributed by atoms with van der Waals surface area (Å²) < 4.78 is 80.7. The molecular formula is C31H31F6IN6. The Balaban J connectivity index is 0.000000235. The highest BCUT2D eigenvalue weighted by molar-refractivity contribution is 5.72. The fraction of sp³-hybridized carbons (Fsp3) is 0.258. The van der Waals surface area contributed by atoms with E-state index in [0.29, 0.717) is 22.7 Å². The van der Waals surface area contributed by atoms with E-state index in [1.54, 1.807) is 15.5 Å². The molecule has 5 aromatic rings. The standard InChI is InChI=1S/C16H15F3N3.C15H16F3N3.HI/c1-11(2)21-10-22(13-6-4-3-5-7-13)15-14(21)8-12(9-20-15)16(17,18)19;1-10(2)20-13-8-11(15(16,17)18)9-19-14(13)21-12-6-4-3-5-7-12;/h3-11H,1-2H3;3-10,20H,1-2H3,(H,19,21);1H/q+1;;/p-1. The monoisotopic (exact) mass is 728 g/mol. The molecule has 0 saturated carbocycles. The second-order valence-electron chi connectivity index (χ2n) is 10.3. The zero-order valence-electron chi connectivity index (χ0n) is 24.2. The minimum absolute atomic E-state index is 0. The summed E-state index contributed by atoms with van der Waals surface area (Å²) in [6.07, 6.45) is -5.31. The first-order chi connectivity index (χ1) is 20.2. The average molecular weight is 729 g/mol. The lowest BCUT2D eigenvalue weighted by Crippen LogP contribution is -3.00. The predicted molar refractivity (Wildman–Crippen MR) is 154 cm³/mol. The van der Waals surface area contributed by atoms with Crippen molar-refractivity contribution in [2.24, 2.45) is 0 Å². The van der Waals surface area contributed by atoms with Crippen LogP contribution < -0.4 is 39.2 Å². The second kappa shape index (κ2) is 14.3. The third kappa shape index (κ3) is 8.61. The molecule has 6 nitrogen and oxygen atoms in total. The Hall–Kier alpha value is -3.88. The number of hydrogen-bond acceptors (Lipinski definition) is 4. The molecule has 0 radical (unpaired) electrons. The van der Waals surface area contributed by atoms with Crippen LogP contribution in [0, 0.1) is 0 Å². The lowest BCUT2D eigenvalue weighted by molar-refractivity contribution is -0.691. The van der Waals surface area contributed by atoms with E-state index in [1.165, 1.54) is 0 Å². The maximum atomic E-state index is 12.9. The van der Waals surface area contributed by atoms with Crippen molar-refractivity contribution in [1.82, 2.24) is 14.5 Å². The first kappa shape index (κ1) is 34.6. The number of para-hydroxylation sites is 2. The van der Waals surface area contributed by atoms with Crippen molar-refractivity contribution in [2.45, 2.75) is 52.1 Å². The molecule has 0 saturated heterocycles. The molecule has 0 atom stereocenters. The summed E-state index contributed by atoms with van der Waals surface area (Å²) in [5, 5.41) is 6.00. The van der Waals surface area contributed by atoms with E-state index in [2.05, 4.69) is 20.6 Å². The molecule has 2 N–H and O–H groups in total. The highest BCUT2D eigenvalue weighted by Crippen LogP contribution is 2.34. The van der Waals surface area contributed by atoms with Crippen LogP contribution in [0.1, 0.15) is 44.9 Å². The van der Waals surface area contributed by atoms with E-state index in [-0.39, 0.29) is 36.1 Å². The minimum Gasteiger partial charge on any atom is -1.00 e. The van der Waals surface area contributed by atoms with Gasteiger partial charge in [-0.2, -0.15) is 30.9 Å². The molecule has 0 spiro atoms. The largest absolute Gasteiger partial charge is 1.00 e. The van der Waals surface area contributed by atoms with Crippen molar-refractivity contribution in [1.29, 1.82) is 0 Å². The van der Waals surface area contributed by atoms with Crippen LogP contribution in [0.25, 0.3) is 16.9 Å². The van der Waals surface area contributed by atoms with Crippen LogP contribution >= 0.6 is 0 Å². The van der Waals surface area contributed by atoms with Gasteiger partial charge in [0, 0.05) is 30.2 Å². The summed E-state index contributed by atoms with van der Waals surface area (Å²) in [5.41, 5.74) is 1.41. The Morgan fingerprint density at radius 1 is 0.750 bits per heavy atom. The molecule has 0 amide bonds. The molecule has 13 heteroatoms. The van der Waals surface area contributed by atoms with Crippen LogP contribution in [0.3, 0.4) is 0 Å². The zero-order valence-corrected chi connectivity index (χ0v) is 26.4. The van der Waals surface area contributed by atoms with Crippen LogP contribution in [0.4, 0.5) is 43.5 Å². The SMILES string of the molecule is CC(C)Nc1cc(C(F)(F)F)cnc1Nc1ccccc1.CC(C)[n+]1cn(-c2ccccc2)c2ncc(C(F)(F)F)cc21.[I-]. The van der Waals surface area contributed by atoms with Gasteiger partial charge in [-0.05, 0) is 58.0 Å². The van der Waals surface area contributed by atoms with Crippen LogP contribution in [0.15, 0.2) is 91.5 Å². The maximum Gasteiger partial charge on any atom is 0.418 e. The van der Waals surface area contributed by atoms with Gasteiger partial charge in [0.25, 0.3) is 12.0 Å². The molecule has 0 fully saturated rings. The third-order valence-electron chi connectivity index (χ3n) is 6.21. The molecule has 0 aliphatic heterocycles. The first-order valence-corrected chi connectivity index (χ1v) is 13.4. The number of alkyl halides is 6. The summed E-state index contributed by atoms with van der Waals surface area (Å²) in [6.45, 7) is 7.56. The quantitative estimate of drug-likeness (QED) is 0.136. The highest BCUT2D eigenvalue weighted by atomic mass is 127. The normalized spacial score (nSPS) is 11.6. The number of rotatable bonds is 6.